The van der Waals surface area contributed by atoms with E-state index in [-0.39, 0.29) is 24.8 Å². The van der Waals surface area contributed by atoms with Crippen LogP contribution in [0.2, 0.25) is 0 Å². The van der Waals surface area contributed by atoms with E-state index in [1.807, 2.05) is 0 Å². The van der Waals surface area contributed by atoms with Gasteiger partial charge in [-0.3, -0.25) is 0 Å². The Labute approximate surface area is 255 Å². The van der Waals surface area contributed by atoms with Crippen molar-refractivity contribution in [3.63, 3.8) is 0 Å². The average molecular weight is 679 g/mol. The van der Waals surface area contributed by atoms with Crippen LogP contribution in [-0.4, -0.2) is 0 Å². The van der Waals surface area contributed by atoms with Crippen LogP contribution >= 0.6 is 23.9 Å². The van der Waals surface area contributed by atoms with Crippen LogP contribution in [-0.2, 0) is 24.7 Å². The van der Waals surface area contributed by atoms with Crippen molar-refractivity contribution in [2.45, 2.75) is 11.8 Å². The number of allylic oxidation sites excluding steroid dienone is 5. The molecule has 0 aromatic heterocycles. The van der Waals surface area contributed by atoms with Crippen LogP contribution in [0.4, 0.5) is 0 Å². The molecule has 0 radical (unpaired) electrons. The van der Waals surface area contributed by atoms with Gasteiger partial charge in [-0.2, -0.15) is 0 Å². The van der Waals surface area contributed by atoms with Gasteiger partial charge in [0.2, 0.25) is 0 Å². The van der Waals surface area contributed by atoms with Crippen molar-refractivity contribution in [3.05, 3.63) is 155 Å². The van der Waals surface area contributed by atoms with E-state index in [2.05, 4.69) is 131 Å². The van der Waals surface area contributed by atoms with Gasteiger partial charge in [0.25, 0.3) is 0 Å². The molecule has 8 rings (SSSR count). The van der Waals surface area contributed by atoms with Gasteiger partial charge in [0.1, 0.15) is 0 Å². The summed E-state index contributed by atoms with van der Waals surface area (Å²) in [5.74, 6) is 0.696. The Morgan fingerprint density at radius 1 is 0.730 bits per heavy atom. The summed E-state index contributed by atoms with van der Waals surface area (Å²) in [6, 6.07) is 37.8. The monoisotopic (exact) mass is 675 g/mol. The summed E-state index contributed by atoms with van der Waals surface area (Å²) < 4.78 is 2.84. The number of hydrogen-bond donors (Lipinski definition) is 0. The van der Waals surface area contributed by atoms with Crippen LogP contribution in [0.3, 0.4) is 0 Å². The van der Waals surface area contributed by atoms with Crippen LogP contribution in [0.5, 0.6) is 0 Å². The predicted molar refractivity (Wildman–Crippen MR) is 148 cm³/mol. The molecule has 2 aliphatic carbocycles. The van der Waals surface area contributed by atoms with Gasteiger partial charge >= 0.3 is 233 Å². The SMILES string of the molecule is Brc1ccc(C2[C]([Zr+2])=C3C(c4ccccc4)=C2P3c2ccccc2)c2c1C(c1ccccc1)C=C2.[Cl-].[Cl-]. The number of benzene rings is 4. The number of rotatable bonds is 4. The van der Waals surface area contributed by atoms with Gasteiger partial charge in [-0.25, -0.2) is 0 Å². The Balaban J connectivity index is 0.00000140. The van der Waals surface area contributed by atoms with Gasteiger partial charge < -0.3 is 24.8 Å². The summed E-state index contributed by atoms with van der Waals surface area (Å²) in [5.41, 5.74) is 8.56. The van der Waals surface area contributed by atoms with Crippen LogP contribution in [0.25, 0.3) is 11.6 Å². The smallest absolute Gasteiger partial charge is 1.00 e. The van der Waals surface area contributed by atoms with Gasteiger partial charge in [-0.15, -0.1) is 0 Å². The van der Waals surface area contributed by atoms with Crippen molar-refractivity contribution in [3.8, 4) is 0 Å². The third-order valence-corrected chi connectivity index (χ3v) is 12.6. The van der Waals surface area contributed by atoms with Crippen molar-refractivity contribution in [1.82, 2.24) is 0 Å². The molecular formula is C32H21BrCl2PZr. The Morgan fingerprint density at radius 3 is 2.03 bits per heavy atom. The molecule has 3 unspecified atom stereocenters. The van der Waals surface area contributed by atoms with E-state index in [1.165, 1.54) is 67.9 Å². The first-order valence-electron chi connectivity index (χ1n) is 11.9. The molecule has 4 aromatic carbocycles. The Hall–Kier alpha value is -1.53. The zero-order valence-electron chi connectivity index (χ0n) is 19.7. The maximum atomic E-state index is 3.91. The molecule has 37 heavy (non-hydrogen) atoms. The fourth-order valence-corrected chi connectivity index (χ4v) is 11.5. The van der Waals surface area contributed by atoms with Crippen LogP contribution < -0.4 is 30.1 Å². The third-order valence-electron chi connectivity index (χ3n) is 7.36. The van der Waals surface area contributed by atoms with Crippen molar-refractivity contribution in [1.29, 1.82) is 0 Å². The van der Waals surface area contributed by atoms with Crippen molar-refractivity contribution < 1.29 is 49.5 Å². The molecule has 0 fully saturated rings. The van der Waals surface area contributed by atoms with E-state index >= 15 is 0 Å². The minimum absolute atomic E-state index is 0. The summed E-state index contributed by atoms with van der Waals surface area (Å²) in [4.78, 5) is 0. The summed E-state index contributed by atoms with van der Waals surface area (Å²) in [7, 11) is -0.393. The van der Waals surface area contributed by atoms with Gasteiger partial charge in [0.05, 0.1) is 0 Å². The number of fused-ring (bicyclic) bond motifs is 2. The largest absolute Gasteiger partial charge is 1.00 e. The molecule has 2 heterocycles. The first kappa shape index (κ1) is 27.1. The summed E-state index contributed by atoms with van der Waals surface area (Å²) >= 11 is 5.45. The second kappa shape index (κ2) is 10.9. The molecule has 179 valence electrons. The Kier molecular flexibility index (Phi) is 7.99. The standard InChI is InChI=1S/C32H21BrP.2ClH.Zr/c33-28-19-18-25(26-17-16-24(31(26)28)21-10-4-1-5-11-21)27-20-29-30(22-12-6-2-7-13-22)32(27)34(29)23-14-8-3-9-15-23;;;/h1-19,24,27H;2*1H;/q;;;+2/p-2. The number of hydrogen-bond acceptors (Lipinski definition) is 0. The second-order valence-corrected chi connectivity index (χ2v) is 13.5. The summed E-state index contributed by atoms with van der Waals surface area (Å²) in [6.45, 7) is 0. The van der Waals surface area contributed by atoms with Crippen molar-refractivity contribution in [2.24, 2.45) is 0 Å². The fourth-order valence-electron chi connectivity index (χ4n) is 5.86. The first-order chi connectivity index (χ1) is 17.2. The molecule has 0 nitrogen and oxygen atoms in total. The molecule has 3 atom stereocenters. The minimum atomic E-state index is -0.393. The van der Waals surface area contributed by atoms with Gasteiger partial charge in [-0.1, -0.05) is 0 Å². The zero-order valence-corrected chi connectivity index (χ0v) is 26.2. The average Bonchev–Trinajstić information content (AvgIpc) is 3.55. The van der Waals surface area contributed by atoms with E-state index in [0.29, 0.717) is 11.8 Å². The fraction of sp³-hybridized carbons (Fsp3) is 0.0625. The van der Waals surface area contributed by atoms with E-state index < -0.39 is 7.92 Å². The zero-order chi connectivity index (χ0) is 23.5. The van der Waals surface area contributed by atoms with Crippen LogP contribution in [0.1, 0.15) is 39.7 Å². The predicted octanol–water partition coefficient (Wildman–Crippen LogP) is 2.70. The number of halogens is 3. The van der Waals surface area contributed by atoms with E-state index in [4.69, 9.17) is 0 Å². The Bertz CT molecular complexity index is 1560. The van der Waals surface area contributed by atoms with Crippen LogP contribution in [0, 0.1) is 0 Å². The quantitative estimate of drug-likeness (QED) is 0.292. The molecule has 4 aromatic rings. The van der Waals surface area contributed by atoms with Crippen LogP contribution in [0.15, 0.2) is 128 Å². The normalized spacial score (nSPS) is 20.8. The van der Waals surface area contributed by atoms with Gasteiger partial charge in [0.15, 0.2) is 0 Å². The molecule has 0 saturated carbocycles. The first-order valence-corrected chi connectivity index (χ1v) is 15.3. The van der Waals surface area contributed by atoms with Gasteiger partial charge in [0, 0.05) is 0 Å². The topological polar surface area (TPSA) is 0 Å². The van der Waals surface area contributed by atoms with E-state index in [9.17, 15) is 0 Å². The molecule has 2 bridgehead atoms. The summed E-state index contributed by atoms with van der Waals surface area (Å²) in [6.07, 6.45) is 4.76. The summed E-state index contributed by atoms with van der Waals surface area (Å²) in [5, 5.41) is 4.77. The maximum Gasteiger partial charge on any atom is -1.00 e. The van der Waals surface area contributed by atoms with Crippen molar-refractivity contribution in [2.75, 3.05) is 0 Å². The second-order valence-electron chi connectivity index (χ2n) is 9.20. The Morgan fingerprint density at radius 2 is 1.35 bits per heavy atom. The minimum Gasteiger partial charge on any atom is -1.00 e. The maximum absolute atomic E-state index is 3.91. The molecule has 0 saturated heterocycles. The van der Waals surface area contributed by atoms with E-state index in [0.717, 1.165) is 0 Å². The molecule has 0 spiro atoms. The molecule has 5 heteroatoms. The van der Waals surface area contributed by atoms with Crippen molar-refractivity contribution >= 4 is 40.8 Å². The molecule has 0 amide bonds. The van der Waals surface area contributed by atoms with E-state index in [1.54, 1.807) is 13.9 Å². The molecule has 4 aliphatic rings. The third kappa shape index (κ3) is 4.25. The van der Waals surface area contributed by atoms with Gasteiger partial charge in [-0.05, 0) is 0 Å². The molecule has 2 aliphatic heterocycles. The molecular weight excluding hydrogens is 657 g/mol. The molecule has 0 N–H and O–H groups in total.